The van der Waals surface area contributed by atoms with Gasteiger partial charge >= 0.3 is 0 Å². The monoisotopic (exact) mass is 292 g/mol. The highest BCUT2D eigenvalue weighted by Gasteiger charge is 2.42. The van der Waals surface area contributed by atoms with Gasteiger partial charge in [-0.1, -0.05) is 0 Å². The number of hydrogen-bond donors (Lipinski definition) is 0. The number of hydrogen-bond acceptors (Lipinski definition) is 2. The van der Waals surface area contributed by atoms with Crippen LogP contribution in [0.1, 0.15) is 19.6 Å². The molecule has 4 heteroatoms. The molecule has 2 rings (SSSR count). The molecule has 0 N–H and O–H groups in total. The number of alkyl halides is 1. The van der Waals surface area contributed by atoms with Gasteiger partial charge in [0.25, 0.3) is 0 Å². The summed E-state index contributed by atoms with van der Waals surface area (Å²) in [5.74, 6) is 1.29. The van der Waals surface area contributed by atoms with Crippen molar-refractivity contribution < 1.29 is 9.15 Å². The summed E-state index contributed by atoms with van der Waals surface area (Å²) in [6.45, 7) is 4.77. The molecule has 2 atom stereocenters. The molecule has 0 saturated carbocycles. The summed E-state index contributed by atoms with van der Waals surface area (Å²) in [5.41, 5.74) is -0.226. The van der Waals surface area contributed by atoms with Crippen LogP contribution in [0.3, 0.4) is 0 Å². The fraction of sp³-hybridized carbons (Fsp3) is 0.636. The van der Waals surface area contributed by atoms with E-state index in [0.717, 1.165) is 16.9 Å². The molecule has 84 valence electrons. The van der Waals surface area contributed by atoms with E-state index in [1.165, 1.54) is 0 Å². The third-order valence-electron chi connectivity index (χ3n) is 2.84. The molecule has 15 heavy (non-hydrogen) atoms. The van der Waals surface area contributed by atoms with E-state index in [1.807, 2.05) is 26.0 Å². The summed E-state index contributed by atoms with van der Waals surface area (Å²) in [7, 11) is 0. The molecular formula is C11H14BrClO2. The molecule has 0 amide bonds. The molecule has 1 aliphatic heterocycles. The van der Waals surface area contributed by atoms with Crippen LogP contribution in [0.2, 0.25) is 0 Å². The third kappa shape index (κ3) is 2.40. The maximum absolute atomic E-state index is 6.35. The van der Waals surface area contributed by atoms with E-state index in [0.29, 0.717) is 12.5 Å². The minimum Gasteiger partial charge on any atom is -0.454 e. The molecule has 2 heterocycles. The molecule has 1 aliphatic rings. The van der Waals surface area contributed by atoms with Gasteiger partial charge in [-0.05, 0) is 41.9 Å². The summed E-state index contributed by atoms with van der Waals surface area (Å²) in [6.07, 6.45) is 0.837. The van der Waals surface area contributed by atoms with E-state index in [4.69, 9.17) is 20.8 Å². The molecule has 1 fully saturated rings. The lowest BCUT2D eigenvalue weighted by Crippen LogP contribution is -2.31. The van der Waals surface area contributed by atoms with Crippen molar-refractivity contribution in [1.29, 1.82) is 0 Å². The van der Waals surface area contributed by atoms with Crippen molar-refractivity contribution in [1.82, 2.24) is 0 Å². The predicted octanol–water partition coefficient (Wildman–Crippen LogP) is 3.62. The maximum atomic E-state index is 6.35. The van der Waals surface area contributed by atoms with Crippen molar-refractivity contribution in [2.75, 3.05) is 6.61 Å². The Hall–Kier alpha value is 0.01000. The van der Waals surface area contributed by atoms with Gasteiger partial charge in [-0.25, -0.2) is 0 Å². The first-order valence-electron chi connectivity index (χ1n) is 5.01. The first-order chi connectivity index (χ1) is 6.99. The van der Waals surface area contributed by atoms with E-state index in [1.54, 1.807) is 0 Å². The van der Waals surface area contributed by atoms with Gasteiger partial charge in [0.05, 0.1) is 17.6 Å². The largest absolute Gasteiger partial charge is 0.454 e. The Bertz CT molecular complexity index is 348. The van der Waals surface area contributed by atoms with Gasteiger partial charge in [0.15, 0.2) is 4.67 Å². The van der Waals surface area contributed by atoms with Gasteiger partial charge in [0, 0.05) is 12.3 Å². The fourth-order valence-electron chi connectivity index (χ4n) is 1.94. The molecule has 0 aromatic carbocycles. The molecule has 0 spiro atoms. The number of rotatable bonds is 2. The molecule has 1 aromatic heterocycles. The molecule has 0 bridgehead atoms. The lowest BCUT2D eigenvalue weighted by molar-refractivity contribution is 0.0364. The quantitative estimate of drug-likeness (QED) is 0.777. The smallest absolute Gasteiger partial charge is 0.169 e. The van der Waals surface area contributed by atoms with Crippen LogP contribution < -0.4 is 0 Å². The van der Waals surface area contributed by atoms with Crippen LogP contribution >= 0.6 is 27.5 Å². The van der Waals surface area contributed by atoms with Crippen LogP contribution in [-0.2, 0) is 11.2 Å². The van der Waals surface area contributed by atoms with Gasteiger partial charge in [0.1, 0.15) is 5.76 Å². The normalized spacial score (nSPS) is 29.6. The summed E-state index contributed by atoms with van der Waals surface area (Å²) in [5, 5.41) is 0.0429. The van der Waals surface area contributed by atoms with Crippen LogP contribution in [0.4, 0.5) is 0 Å². The highest BCUT2D eigenvalue weighted by molar-refractivity contribution is 9.10. The zero-order valence-electron chi connectivity index (χ0n) is 8.80. The number of halogens is 2. The molecule has 2 unspecified atom stereocenters. The van der Waals surface area contributed by atoms with Crippen molar-refractivity contribution in [2.45, 2.75) is 31.2 Å². The Morgan fingerprint density at radius 1 is 1.53 bits per heavy atom. The fourth-order valence-corrected chi connectivity index (χ4v) is 2.50. The van der Waals surface area contributed by atoms with Crippen LogP contribution in [0.5, 0.6) is 0 Å². The van der Waals surface area contributed by atoms with Gasteiger partial charge in [-0.2, -0.15) is 0 Å². The molecular weight excluding hydrogens is 279 g/mol. The zero-order chi connectivity index (χ0) is 11.1. The molecule has 2 nitrogen and oxygen atoms in total. The average Bonchev–Trinajstić information content (AvgIpc) is 2.66. The van der Waals surface area contributed by atoms with Crippen molar-refractivity contribution in [3.05, 3.63) is 22.6 Å². The highest BCUT2D eigenvalue weighted by atomic mass is 79.9. The van der Waals surface area contributed by atoms with Crippen molar-refractivity contribution in [3.8, 4) is 0 Å². The topological polar surface area (TPSA) is 22.4 Å². The lowest BCUT2D eigenvalue weighted by Gasteiger charge is -2.22. The Labute approximate surface area is 103 Å². The van der Waals surface area contributed by atoms with Crippen LogP contribution in [0.15, 0.2) is 21.2 Å². The summed E-state index contributed by atoms with van der Waals surface area (Å²) >= 11 is 9.64. The van der Waals surface area contributed by atoms with E-state index >= 15 is 0 Å². The first kappa shape index (κ1) is 11.5. The van der Waals surface area contributed by atoms with Gasteiger partial charge < -0.3 is 9.15 Å². The van der Waals surface area contributed by atoms with E-state index in [-0.39, 0.29) is 11.0 Å². The summed E-state index contributed by atoms with van der Waals surface area (Å²) in [6, 6.07) is 3.87. The lowest BCUT2D eigenvalue weighted by atomic mass is 9.94. The van der Waals surface area contributed by atoms with Crippen molar-refractivity contribution >= 4 is 27.5 Å². The van der Waals surface area contributed by atoms with E-state index in [2.05, 4.69) is 15.9 Å². The second-order valence-electron chi connectivity index (χ2n) is 4.49. The van der Waals surface area contributed by atoms with Crippen LogP contribution in [-0.4, -0.2) is 17.6 Å². The third-order valence-corrected chi connectivity index (χ3v) is 4.15. The zero-order valence-corrected chi connectivity index (χ0v) is 11.1. The maximum Gasteiger partial charge on any atom is 0.169 e. The molecule has 1 saturated heterocycles. The first-order valence-corrected chi connectivity index (χ1v) is 6.24. The van der Waals surface area contributed by atoms with Gasteiger partial charge in [-0.15, -0.1) is 11.6 Å². The van der Waals surface area contributed by atoms with Gasteiger partial charge in [0.2, 0.25) is 0 Å². The predicted molar refractivity (Wildman–Crippen MR) is 63.3 cm³/mol. The van der Waals surface area contributed by atoms with Crippen LogP contribution in [0.25, 0.3) is 0 Å². The minimum atomic E-state index is -0.226. The van der Waals surface area contributed by atoms with Crippen molar-refractivity contribution in [3.63, 3.8) is 0 Å². The highest BCUT2D eigenvalue weighted by Crippen LogP contribution is 2.36. The summed E-state index contributed by atoms with van der Waals surface area (Å²) in [4.78, 5) is 0. The Morgan fingerprint density at radius 3 is 2.73 bits per heavy atom. The Morgan fingerprint density at radius 2 is 2.27 bits per heavy atom. The summed E-state index contributed by atoms with van der Waals surface area (Å²) < 4.78 is 11.9. The SMILES string of the molecule is CC1(C)OCC(Cc2ccc(Br)o2)C1Cl. The van der Waals surface area contributed by atoms with Crippen LogP contribution in [0, 0.1) is 5.92 Å². The van der Waals surface area contributed by atoms with E-state index in [9.17, 15) is 0 Å². The van der Waals surface area contributed by atoms with Crippen molar-refractivity contribution in [2.24, 2.45) is 5.92 Å². The molecule has 0 radical (unpaired) electrons. The van der Waals surface area contributed by atoms with E-state index < -0.39 is 0 Å². The molecule has 1 aromatic rings. The number of ether oxygens (including phenoxy) is 1. The minimum absolute atomic E-state index is 0.0429. The second-order valence-corrected chi connectivity index (χ2v) is 5.74. The van der Waals surface area contributed by atoms with Gasteiger partial charge in [-0.3, -0.25) is 0 Å². The average molecular weight is 294 g/mol. The Kier molecular flexibility index (Phi) is 3.15. The second kappa shape index (κ2) is 4.11. The number of furan rings is 1. The standard InChI is InChI=1S/C11H14BrClO2/c1-11(2)10(13)7(6-14-11)5-8-3-4-9(12)15-8/h3-4,7,10H,5-6H2,1-2H3. The molecule has 0 aliphatic carbocycles. The Balaban J connectivity index is 2.02.